The maximum Gasteiger partial charge on any atom is 0.163 e. The Balaban J connectivity index is 1.68. The molecule has 1 saturated heterocycles. The standard InChI is InChI=1S/C15H22N2O3/c16-13-8-15-14(19-5-6-20-15)7-12(13)10-17-3-1-11(9-17)2-4-18/h7-8,11,18H,1-6,9-10,16H2. The van der Waals surface area contributed by atoms with Crippen molar-refractivity contribution in [2.24, 2.45) is 5.92 Å². The molecule has 5 nitrogen and oxygen atoms in total. The van der Waals surface area contributed by atoms with Crippen LogP contribution in [-0.4, -0.2) is 42.9 Å². The van der Waals surface area contributed by atoms with E-state index in [0.717, 1.165) is 55.2 Å². The minimum atomic E-state index is 0.282. The number of anilines is 1. The fraction of sp³-hybridized carbons (Fsp3) is 0.600. The van der Waals surface area contributed by atoms with Crippen LogP contribution >= 0.6 is 0 Å². The molecule has 0 aromatic heterocycles. The van der Waals surface area contributed by atoms with Crippen LogP contribution in [0.5, 0.6) is 11.5 Å². The van der Waals surface area contributed by atoms with E-state index in [9.17, 15) is 0 Å². The lowest BCUT2D eigenvalue weighted by Crippen LogP contribution is -2.22. The van der Waals surface area contributed by atoms with Crippen LogP contribution in [0.3, 0.4) is 0 Å². The second-order valence-corrected chi connectivity index (χ2v) is 5.60. The van der Waals surface area contributed by atoms with E-state index in [0.29, 0.717) is 19.1 Å². The molecule has 1 fully saturated rings. The first-order chi connectivity index (χ1) is 9.76. The first-order valence-corrected chi connectivity index (χ1v) is 7.27. The Morgan fingerprint density at radius 3 is 2.75 bits per heavy atom. The summed E-state index contributed by atoms with van der Waals surface area (Å²) in [5.74, 6) is 2.15. The van der Waals surface area contributed by atoms with Crippen LogP contribution in [-0.2, 0) is 6.54 Å². The fourth-order valence-electron chi connectivity index (χ4n) is 3.00. The average Bonchev–Trinajstić information content (AvgIpc) is 2.87. The minimum absolute atomic E-state index is 0.282. The number of ether oxygens (including phenoxy) is 2. The number of rotatable bonds is 4. The van der Waals surface area contributed by atoms with Gasteiger partial charge in [0.15, 0.2) is 11.5 Å². The molecule has 1 atom stereocenters. The van der Waals surface area contributed by atoms with E-state index in [1.54, 1.807) is 0 Å². The summed E-state index contributed by atoms with van der Waals surface area (Å²) in [7, 11) is 0. The summed E-state index contributed by atoms with van der Waals surface area (Å²) in [6.07, 6.45) is 2.05. The van der Waals surface area contributed by atoms with E-state index in [4.69, 9.17) is 20.3 Å². The Labute approximate surface area is 119 Å². The highest BCUT2D eigenvalue weighted by Crippen LogP contribution is 2.35. The Bertz CT molecular complexity index is 478. The molecule has 0 amide bonds. The molecular formula is C15H22N2O3. The van der Waals surface area contributed by atoms with Crippen molar-refractivity contribution in [3.63, 3.8) is 0 Å². The normalized spacial score (nSPS) is 22.1. The number of nitrogen functional groups attached to an aromatic ring is 1. The quantitative estimate of drug-likeness (QED) is 0.811. The molecule has 2 aliphatic rings. The second-order valence-electron chi connectivity index (χ2n) is 5.60. The Hall–Kier alpha value is -1.46. The molecule has 1 aromatic rings. The SMILES string of the molecule is Nc1cc2c(cc1CN1CCC(CCO)C1)OCCO2. The van der Waals surface area contributed by atoms with Crippen LogP contribution in [0.15, 0.2) is 12.1 Å². The summed E-state index contributed by atoms with van der Waals surface area (Å²) in [5, 5.41) is 9.01. The van der Waals surface area contributed by atoms with Crippen LogP contribution in [0.25, 0.3) is 0 Å². The lowest BCUT2D eigenvalue weighted by molar-refractivity contribution is 0.171. The van der Waals surface area contributed by atoms with E-state index in [2.05, 4.69) is 4.90 Å². The maximum atomic E-state index is 9.01. The van der Waals surface area contributed by atoms with Gasteiger partial charge in [-0.3, -0.25) is 4.90 Å². The van der Waals surface area contributed by atoms with Gasteiger partial charge in [0.2, 0.25) is 0 Å². The van der Waals surface area contributed by atoms with Gasteiger partial charge in [-0.15, -0.1) is 0 Å². The zero-order valence-electron chi connectivity index (χ0n) is 11.7. The van der Waals surface area contributed by atoms with Crippen molar-refractivity contribution >= 4 is 5.69 Å². The first kappa shape index (κ1) is 13.5. The summed E-state index contributed by atoms with van der Waals surface area (Å²) in [6, 6.07) is 3.87. The summed E-state index contributed by atoms with van der Waals surface area (Å²) in [6.45, 7) is 4.40. The summed E-state index contributed by atoms with van der Waals surface area (Å²) >= 11 is 0. The van der Waals surface area contributed by atoms with Gasteiger partial charge in [-0.05, 0) is 36.9 Å². The minimum Gasteiger partial charge on any atom is -0.486 e. The number of hydrogen-bond donors (Lipinski definition) is 2. The molecule has 2 aliphatic heterocycles. The van der Waals surface area contributed by atoms with Crippen LogP contribution < -0.4 is 15.2 Å². The molecule has 1 aromatic carbocycles. The number of benzene rings is 1. The molecule has 2 heterocycles. The van der Waals surface area contributed by atoms with Gasteiger partial charge in [0.05, 0.1) is 0 Å². The Morgan fingerprint density at radius 2 is 2.00 bits per heavy atom. The van der Waals surface area contributed by atoms with Gasteiger partial charge in [-0.2, -0.15) is 0 Å². The van der Waals surface area contributed by atoms with E-state index in [1.165, 1.54) is 0 Å². The number of hydrogen-bond acceptors (Lipinski definition) is 5. The number of fused-ring (bicyclic) bond motifs is 1. The van der Waals surface area contributed by atoms with Crippen molar-refractivity contribution in [1.82, 2.24) is 4.90 Å². The van der Waals surface area contributed by atoms with Crippen LogP contribution in [0.4, 0.5) is 5.69 Å². The molecule has 0 bridgehead atoms. The van der Waals surface area contributed by atoms with Gasteiger partial charge in [0.1, 0.15) is 13.2 Å². The van der Waals surface area contributed by atoms with E-state index in [1.807, 2.05) is 12.1 Å². The first-order valence-electron chi connectivity index (χ1n) is 7.27. The number of likely N-dealkylation sites (tertiary alicyclic amines) is 1. The van der Waals surface area contributed by atoms with Crippen molar-refractivity contribution in [2.45, 2.75) is 19.4 Å². The van der Waals surface area contributed by atoms with Gasteiger partial charge in [0, 0.05) is 31.5 Å². The van der Waals surface area contributed by atoms with Crippen LogP contribution in [0.1, 0.15) is 18.4 Å². The Morgan fingerprint density at radius 1 is 1.25 bits per heavy atom. The summed E-state index contributed by atoms with van der Waals surface area (Å²) in [4.78, 5) is 2.39. The molecular weight excluding hydrogens is 256 g/mol. The molecule has 0 saturated carbocycles. The number of nitrogens with two attached hydrogens (primary N) is 1. The highest BCUT2D eigenvalue weighted by Gasteiger charge is 2.23. The van der Waals surface area contributed by atoms with Gasteiger partial charge >= 0.3 is 0 Å². The average molecular weight is 278 g/mol. The fourth-order valence-corrected chi connectivity index (χ4v) is 3.00. The third-order valence-electron chi connectivity index (χ3n) is 4.11. The monoisotopic (exact) mass is 278 g/mol. The number of aliphatic hydroxyl groups excluding tert-OH is 1. The maximum absolute atomic E-state index is 9.01. The predicted octanol–water partition coefficient (Wildman–Crippen LogP) is 1.24. The van der Waals surface area contributed by atoms with Crippen molar-refractivity contribution in [3.05, 3.63) is 17.7 Å². The largest absolute Gasteiger partial charge is 0.486 e. The van der Waals surface area contributed by atoms with Crippen LogP contribution in [0.2, 0.25) is 0 Å². The Kier molecular flexibility index (Phi) is 3.98. The molecule has 5 heteroatoms. The van der Waals surface area contributed by atoms with Crippen LogP contribution in [0, 0.1) is 5.92 Å². The van der Waals surface area contributed by atoms with E-state index in [-0.39, 0.29) is 6.61 Å². The van der Waals surface area contributed by atoms with Crippen molar-refractivity contribution in [3.8, 4) is 11.5 Å². The van der Waals surface area contributed by atoms with E-state index < -0.39 is 0 Å². The molecule has 3 N–H and O–H groups in total. The zero-order valence-corrected chi connectivity index (χ0v) is 11.7. The molecule has 110 valence electrons. The lowest BCUT2D eigenvalue weighted by Gasteiger charge is -2.22. The molecule has 0 aliphatic carbocycles. The van der Waals surface area contributed by atoms with Gasteiger partial charge < -0.3 is 20.3 Å². The third-order valence-corrected chi connectivity index (χ3v) is 4.11. The smallest absolute Gasteiger partial charge is 0.163 e. The third kappa shape index (κ3) is 2.83. The second kappa shape index (κ2) is 5.89. The topological polar surface area (TPSA) is 68.0 Å². The highest BCUT2D eigenvalue weighted by atomic mass is 16.6. The van der Waals surface area contributed by atoms with Crippen molar-refractivity contribution in [2.75, 3.05) is 38.6 Å². The molecule has 0 spiro atoms. The van der Waals surface area contributed by atoms with Crippen molar-refractivity contribution < 1.29 is 14.6 Å². The number of aliphatic hydroxyl groups is 1. The van der Waals surface area contributed by atoms with Gasteiger partial charge in [0.25, 0.3) is 0 Å². The van der Waals surface area contributed by atoms with E-state index >= 15 is 0 Å². The molecule has 20 heavy (non-hydrogen) atoms. The van der Waals surface area contributed by atoms with Crippen molar-refractivity contribution in [1.29, 1.82) is 0 Å². The highest BCUT2D eigenvalue weighted by molar-refractivity contribution is 5.58. The number of nitrogens with zero attached hydrogens (tertiary/aromatic N) is 1. The zero-order chi connectivity index (χ0) is 13.9. The molecule has 1 unspecified atom stereocenters. The lowest BCUT2D eigenvalue weighted by atomic mass is 10.1. The molecule has 3 rings (SSSR count). The van der Waals surface area contributed by atoms with Gasteiger partial charge in [-0.1, -0.05) is 0 Å². The molecule has 0 radical (unpaired) electrons. The van der Waals surface area contributed by atoms with Gasteiger partial charge in [-0.25, -0.2) is 0 Å². The predicted molar refractivity (Wildman–Crippen MR) is 76.9 cm³/mol. The summed E-state index contributed by atoms with van der Waals surface area (Å²) < 4.78 is 11.1. The summed E-state index contributed by atoms with van der Waals surface area (Å²) in [5.41, 5.74) is 7.97.